The number of anilines is 1. The third-order valence-electron chi connectivity index (χ3n) is 3.30. The van der Waals surface area contributed by atoms with Crippen molar-refractivity contribution in [3.63, 3.8) is 0 Å². The van der Waals surface area contributed by atoms with Gasteiger partial charge in [-0.15, -0.1) is 0 Å². The van der Waals surface area contributed by atoms with Gasteiger partial charge in [0.25, 0.3) is 5.91 Å². The van der Waals surface area contributed by atoms with Crippen LogP contribution < -0.4 is 5.32 Å². The van der Waals surface area contributed by atoms with Crippen LogP contribution in [-0.2, 0) is 0 Å². The molecule has 0 spiro atoms. The molecule has 1 aromatic rings. The Morgan fingerprint density at radius 3 is 3.21 bits per heavy atom. The number of hydrogen-bond acceptors (Lipinski definition) is 4. The van der Waals surface area contributed by atoms with Crippen molar-refractivity contribution in [2.75, 3.05) is 25.0 Å². The number of β-amino-alcohol motifs (C(OH)–C–C–N with tert-alkyl or cyclic N) is 1. The summed E-state index contributed by atoms with van der Waals surface area (Å²) in [5.74, 6) is -0.0505. The van der Waals surface area contributed by atoms with E-state index in [9.17, 15) is 9.90 Å². The van der Waals surface area contributed by atoms with Gasteiger partial charge in [0.15, 0.2) is 0 Å². The molecule has 2 heterocycles. The summed E-state index contributed by atoms with van der Waals surface area (Å²) in [6, 6.07) is 1.82. The van der Waals surface area contributed by atoms with Gasteiger partial charge in [-0.05, 0) is 25.3 Å². The van der Waals surface area contributed by atoms with E-state index in [0.29, 0.717) is 18.7 Å². The number of pyridine rings is 1. The number of piperidine rings is 1. The molecule has 2 rings (SSSR count). The lowest BCUT2D eigenvalue weighted by molar-refractivity contribution is 0.0474. The first-order valence-corrected chi connectivity index (χ1v) is 6.87. The third kappa shape index (κ3) is 3.44. The van der Waals surface area contributed by atoms with Crippen molar-refractivity contribution in [3.05, 3.63) is 24.0 Å². The first-order chi connectivity index (χ1) is 9.22. The highest BCUT2D eigenvalue weighted by Crippen LogP contribution is 2.19. The number of aliphatic hydroxyl groups is 1. The van der Waals surface area contributed by atoms with Gasteiger partial charge in [0.1, 0.15) is 0 Å². The fourth-order valence-electron chi connectivity index (χ4n) is 2.29. The fourth-order valence-corrected chi connectivity index (χ4v) is 2.29. The molecule has 0 bridgehead atoms. The second-order valence-corrected chi connectivity index (χ2v) is 4.90. The molecule has 1 aromatic heterocycles. The summed E-state index contributed by atoms with van der Waals surface area (Å²) in [6.45, 7) is 4.03. The minimum Gasteiger partial charge on any atom is -0.391 e. The summed E-state index contributed by atoms with van der Waals surface area (Å²) in [6.07, 6.45) is 5.50. The summed E-state index contributed by atoms with van der Waals surface area (Å²) < 4.78 is 0. The van der Waals surface area contributed by atoms with Gasteiger partial charge in [0.05, 0.1) is 17.4 Å². The van der Waals surface area contributed by atoms with Crippen LogP contribution in [0.1, 0.15) is 36.5 Å². The van der Waals surface area contributed by atoms with E-state index in [1.807, 2.05) is 6.07 Å². The van der Waals surface area contributed by atoms with Gasteiger partial charge >= 0.3 is 0 Å². The number of rotatable bonds is 4. The molecule has 1 aliphatic heterocycles. The lowest BCUT2D eigenvalue weighted by Crippen LogP contribution is -2.42. The van der Waals surface area contributed by atoms with Crippen LogP contribution in [0.5, 0.6) is 0 Å². The van der Waals surface area contributed by atoms with Crippen molar-refractivity contribution in [2.24, 2.45) is 0 Å². The maximum absolute atomic E-state index is 12.5. The van der Waals surface area contributed by atoms with Gasteiger partial charge in [-0.1, -0.05) is 6.92 Å². The van der Waals surface area contributed by atoms with Crippen LogP contribution in [0.15, 0.2) is 18.5 Å². The second kappa shape index (κ2) is 6.52. The van der Waals surface area contributed by atoms with Crippen molar-refractivity contribution < 1.29 is 9.90 Å². The predicted octanol–water partition coefficient (Wildman–Crippen LogP) is 1.50. The molecule has 1 saturated heterocycles. The molecule has 1 atom stereocenters. The van der Waals surface area contributed by atoms with E-state index >= 15 is 0 Å². The minimum atomic E-state index is -0.401. The highest BCUT2D eigenvalue weighted by molar-refractivity contribution is 5.99. The van der Waals surface area contributed by atoms with Gasteiger partial charge in [0, 0.05) is 32.0 Å². The highest BCUT2D eigenvalue weighted by Gasteiger charge is 2.24. The van der Waals surface area contributed by atoms with E-state index in [-0.39, 0.29) is 5.91 Å². The fraction of sp³-hybridized carbons (Fsp3) is 0.571. The first-order valence-electron chi connectivity index (χ1n) is 6.87. The summed E-state index contributed by atoms with van der Waals surface area (Å²) in [5, 5.41) is 12.9. The number of carbonyl (C=O) groups is 1. The van der Waals surface area contributed by atoms with Crippen molar-refractivity contribution >= 4 is 11.6 Å². The predicted molar refractivity (Wildman–Crippen MR) is 74.2 cm³/mol. The van der Waals surface area contributed by atoms with Crippen LogP contribution >= 0.6 is 0 Å². The molecule has 5 nitrogen and oxygen atoms in total. The van der Waals surface area contributed by atoms with Crippen LogP contribution in [0.3, 0.4) is 0 Å². The van der Waals surface area contributed by atoms with E-state index in [2.05, 4.69) is 17.2 Å². The van der Waals surface area contributed by atoms with E-state index in [4.69, 9.17) is 0 Å². The van der Waals surface area contributed by atoms with E-state index < -0.39 is 6.10 Å². The maximum atomic E-state index is 12.5. The average Bonchev–Trinajstić information content (AvgIpc) is 2.44. The van der Waals surface area contributed by atoms with Crippen LogP contribution in [0, 0.1) is 0 Å². The Bertz CT molecular complexity index is 436. The molecule has 1 fully saturated rings. The lowest BCUT2D eigenvalue weighted by atomic mass is 10.1. The molecule has 0 radical (unpaired) electrons. The minimum absolute atomic E-state index is 0.0505. The van der Waals surface area contributed by atoms with Crippen molar-refractivity contribution in [3.8, 4) is 0 Å². The first kappa shape index (κ1) is 13.8. The molecule has 1 aliphatic rings. The molecule has 104 valence electrons. The van der Waals surface area contributed by atoms with Crippen molar-refractivity contribution in [1.82, 2.24) is 9.88 Å². The summed E-state index contributed by atoms with van der Waals surface area (Å²) in [7, 11) is 0. The van der Waals surface area contributed by atoms with Gasteiger partial charge in [0.2, 0.25) is 0 Å². The Kier molecular flexibility index (Phi) is 4.74. The van der Waals surface area contributed by atoms with Crippen molar-refractivity contribution in [1.29, 1.82) is 0 Å². The molecule has 0 aromatic carbocycles. The molecule has 19 heavy (non-hydrogen) atoms. The number of likely N-dealkylation sites (tertiary alicyclic amines) is 1. The highest BCUT2D eigenvalue weighted by atomic mass is 16.3. The Morgan fingerprint density at radius 2 is 2.47 bits per heavy atom. The Labute approximate surface area is 113 Å². The number of nitrogens with zero attached hydrogens (tertiary/aromatic N) is 2. The smallest absolute Gasteiger partial charge is 0.257 e. The van der Waals surface area contributed by atoms with Crippen LogP contribution in [0.4, 0.5) is 5.69 Å². The normalized spacial score (nSPS) is 19.3. The zero-order chi connectivity index (χ0) is 13.7. The Morgan fingerprint density at radius 1 is 1.63 bits per heavy atom. The molecule has 1 amide bonds. The molecule has 1 unspecified atom stereocenters. The summed E-state index contributed by atoms with van der Waals surface area (Å²) in [4.78, 5) is 18.2. The van der Waals surface area contributed by atoms with Crippen LogP contribution in [0.2, 0.25) is 0 Å². The quantitative estimate of drug-likeness (QED) is 0.864. The largest absolute Gasteiger partial charge is 0.391 e. The van der Waals surface area contributed by atoms with Crippen LogP contribution in [-0.4, -0.2) is 46.6 Å². The number of aliphatic hydroxyl groups excluding tert-OH is 1. The van der Waals surface area contributed by atoms with Crippen LogP contribution in [0.25, 0.3) is 0 Å². The number of hydrogen-bond donors (Lipinski definition) is 2. The lowest BCUT2D eigenvalue weighted by Gasteiger charge is -2.30. The number of aromatic nitrogens is 1. The Balaban J connectivity index is 2.13. The third-order valence-corrected chi connectivity index (χ3v) is 3.30. The molecule has 5 heteroatoms. The SMILES string of the molecule is CCCNc1ccncc1C(=O)N1CCCC(O)C1. The monoisotopic (exact) mass is 263 g/mol. The molecular weight excluding hydrogens is 242 g/mol. The van der Waals surface area contributed by atoms with E-state index in [1.54, 1.807) is 17.3 Å². The maximum Gasteiger partial charge on any atom is 0.257 e. The van der Waals surface area contributed by atoms with Gasteiger partial charge < -0.3 is 15.3 Å². The zero-order valence-electron chi connectivity index (χ0n) is 11.3. The Hall–Kier alpha value is -1.62. The topological polar surface area (TPSA) is 65.5 Å². The molecule has 2 N–H and O–H groups in total. The van der Waals surface area contributed by atoms with Gasteiger partial charge in [-0.3, -0.25) is 9.78 Å². The summed E-state index contributed by atoms with van der Waals surface area (Å²) >= 11 is 0. The van der Waals surface area contributed by atoms with Gasteiger partial charge in [-0.2, -0.15) is 0 Å². The van der Waals surface area contributed by atoms with Gasteiger partial charge in [-0.25, -0.2) is 0 Å². The molecular formula is C14H21N3O2. The zero-order valence-corrected chi connectivity index (χ0v) is 11.3. The molecule has 0 aliphatic carbocycles. The van der Waals surface area contributed by atoms with E-state index in [1.165, 1.54) is 0 Å². The average molecular weight is 263 g/mol. The standard InChI is InChI=1S/C14H21N3O2/c1-2-6-16-13-5-7-15-9-12(13)14(19)17-8-3-4-11(18)10-17/h5,7,9,11,18H,2-4,6,8,10H2,1H3,(H,15,16). The van der Waals surface area contributed by atoms with Crippen molar-refractivity contribution in [2.45, 2.75) is 32.3 Å². The number of nitrogens with one attached hydrogen (secondary N) is 1. The number of carbonyl (C=O) groups excluding carboxylic acids is 1. The number of amides is 1. The second-order valence-electron chi connectivity index (χ2n) is 4.90. The molecule has 0 saturated carbocycles. The van der Waals surface area contributed by atoms with E-state index in [0.717, 1.165) is 31.5 Å². The summed E-state index contributed by atoms with van der Waals surface area (Å²) in [5.41, 5.74) is 1.41.